The molecule has 0 aromatic carbocycles. The molecule has 2 heterocycles. The van der Waals surface area contributed by atoms with Crippen LogP contribution in [0.5, 0.6) is 0 Å². The predicted octanol–water partition coefficient (Wildman–Crippen LogP) is 1.15. The second kappa shape index (κ2) is 3.73. The molecule has 1 saturated carbocycles. The molecule has 17 heavy (non-hydrogen) atoms. The number of furan rings is 1. The van der Waals surface area contributed by atoms with Crippen LogP contribution in [0.25, 0.3) is 0 Å². The van der Waals surface area contributed by atoms with Crippen LogP contribution < -0.4 is 5.32 Å². The number of hydrogen-bond acceptors (Lipinski definition) is 4. The van der Waals surface area contributed by atoms with Gasteiger partial charge in [0.05, 0.1) is 6.26 Å². The van der Waals surface area contributed by atoms with Gasteiger partial charge in [-0.1, -0.05) is 0 Å². The van der Waals surface area contributed by atoms with Crippen LogP contribution in [0.1, 0.15) is 18.1 Å². The topological polar surface area (TPSA) is 73.0 Å². The summed E-state index contributed by atoms with van der Waals surface area (Å²) in [7, 11) is 1.74. The van der Waals surface area contributed by atoms with Gasteiger partial charge in [-0.15, -0.1) is 0 Å². The Bertz CT molecular complexity index is 531. The first-order valence-electron chi connectivity index (χ1n) is 5.44. The molecule has 6 heteroatoms. The first-order valence-corrected chi connectivity index (χ1v) is 5.44. The number of nitrogens with zero attached hydrogens (tertiary/aromatic N) is 3. The minimum absolute atomic E-state index is 0.0159. The van der Waals surface area contributed by atoms with Gasteiger partial charge in [-0.05, 0) is 18.6 Å². The van der Waals surface area contributed by atoms with Crippen molar-refractivity contribution in [1.82, 2.24) is 14.8 Å². The summed E-state index contributed by atoms with van der Waals surface area (Å²) in [5, 5.41) is 6.64. The van der Waals surface area contributed by atoms with Crippen molar-refractivity contribution in [3.05, 3.63) is 30.5 Å². The minimum atomic E-state index is -0.0255. The zero-order chi connectivity index (χ0) is 11.8. The van der Waals surface area contributed by atoms with Crippen molar-refractivity contribution in [2.24, 2.45) is 13.0 Å². The van der Waals surface area contributed by atoms with E-state index in [1.54, 1.807) is 13.3 Å². The zero-order valence-corrected chi connectivity index (χ0v) is 9.33. The Balaban J connectivity index is 1.64. The Labute approximate surface area is 97.6 Å². The van der Waals surface area contributed by atoms with E-state index in [4.69, 9.17) is 4.42 Å². The maximum absolute atomic E-state index is 11.9. The van der Waals surface area contributed by atoms with E-state index in [1.807, 2.05) is 12.1 Å². The van der Waals surface area contributed by atoms with E-state index >= 15 is 0 Å². The number of amides is 1. The molecular formula is C11H12N4O2. The van der Waals surface area contributed by atoms with Crippen molar-refractivity contribution >= 4 is 11.9 Å². The summed E-state index contributed by atoms with van der Waals surface area (Å²) in [4.78, 5) is 15.8. The highest BCUT2D eigenvalue weighted by Crippen LogP contribution is 2.47. The third-order valence-corrected chi connectivity index (χ3v) is 2.98. The SMILES string of the molecule is Cn1ncnc1NC(=O)C1CC1c1ccco1. The summed E-state index contributed by atoms with van der Waals surface area (Å²) in [6.45, 7) is 0. The van der Waals surface area contributed by atoms with Crippen LogP contribution in [0.4, 0.5) is 5.95 Å². The molecule has 88 valence electrons. The summed E-state index contributed by atoms with van der Waals surface area (Å²) < 4.78 is 6.81. The fourth-order valence-corrected chi connectivity index (χ4v) is 1.91. The van der Waals surface area contributed by atoms with Crippen molar-refractivity contribution in [1.29, 1.82) is 0 Å². The van der Waals surface area contributed by atoms with Gasteiger partial charge in [-0.2, -0.15) is 10.1 Å². The quantitative estimate of drug-likeness (QED) is 0.861. The highest BCUT2D eigenvalue weighted by Gasteiger charge is 2.46. The number of rotatable bonds is 3. The predicted molar refractivity (Wildman–Crippen MR) is 59.2 cm³/mol. The van der Waals surface area contributed by atoms with Crippen LogP contribution in [-0.4, -0.2) is 20.7 Å². The lowest BCUT2D eigenvalue weighted by Crippen LogP contribution is -2.17. The molecule has 0 aliphatic heterocycles. The number of hydrogen-bond donors (Lipinski definition) is 1. The molecule has 3 rings (SSSR count). The molecule has 1 aliphatic rings. The van der Waals surface area contributed by atoms with Gasteiger partial charge in [0.1, 0.15) is 12.1 Å². The molecule has 2 aromatic heterocycles. The number of aryl methyl sites for hydroxylation is 1. The largest absolute Gasteiger partial charge is 0.469 e. The van der Waals surface area contributed by atoms with Crippen LogP contribution >= 0.6 is 0 Å². The Morgan fingerprint density at radius 1 is 1.65 bits per heavy atom. The van der Waals surface area contributed by atoms with E-state index in [2.05, 4.69) is 15.4 Å². The Morgan fingerprint density at radius 3 is 3.18 bits per heavy atom. The normalized spacial score (nSPS) is 22.4. The van der Waals surface area contributed by atoms with Gasteiger partial charge in [-0.25, -0.2) is 4.68 Å². The molecule has 1 aliphatic carbocycles. The molecule has 0 saturated heterocycles. The van der Waals surface area contributed by atoms with Gasteiger partial charge >= 0.3 is 0 Å². The molecule has 6 nitrogen and oxygen atoms in total. The Morgan fingerprint density at radius 2 is 2.53 bits per heavy atom. The first kappa shape index (κ1) is 10.1. The lowest BCUT2D eigenvalue weighted by atomic mass is 10.2. The summed E-state index contributed by atoms with van der Waals surface area (Å²) in [5.74, 6) is 1.52. The summed E-state index contributed by atoms with van der Waals surface area (Å²) >= 11 is 0. The number of anilines is 1. The fourth-order valence-electron chi connectivity index (χ4n) is 1.91. The van der Waals surface area contributed by atoms with E-state index in [0.29, 0.717) is 5.95 Å². The van der Waals surface area contributed by atoms with Crippen molar-refractivity contribution < 1.29 is 9.21 Å². The lowest BCUT2D eigenvalue weighted by molar-refractivity contribution is -0.117. The van der Waals surface area contributed by atoms with Crippen molar-refractivity contribution in [3.63, 3.8) is 0 Å². The highest BCUT2D eigenvalue weighted by molar-refractivity contribution is 5.93. The molecular weight excluding hydrogens is 220 g/mol. The van der Waals surface area contributed by atoms with E-state index < -0.39 is 0 Å². The summed E-state index contributed by atoms with van der Waals surface area (Å²) in [6, 6.07) is 3.74. The Kier molecular flexibility index (Phi) is 2.21. The monoisotopic (exact) mass is 232 g/mol. The maximum atomic E-state index is 11.9. The first-order chi connectivity index (χ1) is 8.25. The molecule has 0 bridgehead atoms. The van der Waals surface area contributed by atoms with Gasteiger partial charge in [0.2, 0.25) is 11.9 Å². The molecule has 1 N–H and O–H groups in total. The van der Waals surface area contributed by atoms with Gasteiger partial charge in [-0.3, -0.25) is 10.1 Å². The maximum Gasteiger partial charge on any atom is 0.230 e. The van der Waals surface area contributed by atoms with Crippen molar-refractivity contribution in [2.75, 3.05) is 5.32 Å². The average Bonchev–Trinajstić information content (AvgIpc) is 2.73. The number of carbonyl (C=O) groups excluding carboxylic acids is 1. The van der Waals surface area contributed by atoms with E-state index in [-0.39, 0.29) is 17.7 Å². The average molecular weight is 232 g/mol. The number of aromatic nitrogens is 3. The third kappa shape index (κ3) is 1.82. The van der Waals surface area contributed by atoms with Crippen molar-refractivity contribution in [2.45, 2.75) is 12.3 Å². The van der Waals surface area contributed by atoms with Gasteiger partial charge in [0, 0.05) is 18.9 Å². The van der Waals surface area contributed by atoms with Gasteiger partial charge in [0.15, 0.2) is 0 Å². The second-order valence-electron chi connectivity index (χ2n) is 4.16. The lowest BCUT2D eigenvalue weighted by Gasteiger charge is -2.02. The molecule has 2 atom stereocenters. The standard InChI is InChI=1S/C11H12N4O2/c1-15-11(12-6-13-15)14-10(16)8-5-7(8)9-3-2-4-17-9/h2-4,6-8H,5H2,1H3,(H,12,13,14,16). The minimum Gasteiger partial charge on any atom is -0.469 e. The summed E-state index contributed by atoms with van der Waals surface area (Å²) in [5.41, 5.74) is 0. The fraction of sp³-hybridized carbons (Fsp3) is 0.364. The number of carbonyl (C=O) groups is 1. The van der Waals surface area contributed by atoms with E-state index in [1.165, 1.54) is 11.0 Å². The van der Waals surface area contributed by atoms with Crippen LogP contribution in [0.15, 0.2) is 29.1 Å². The molecule has 2 unspecified atom stereocenters. The highest BCUT2D eigenvalue weighted by atomic mass is 16.3. The molecule has 0 radical (unpaired) electrons. The smallest absolute Gasteiger partial charge is 0.230 e. The third-order valence-electron chi connectivity index (χ3n) is 2.98. The van der Waals surface area contributed by atoms with Gasteiger partial charge in [0.25, 0.3) is 0 Å². The van der Waals surface area contributed by atoms with Crippen LogP contribution in [-0.2, 0) is 11.8 Å². The molecule has 2 aromatic rings. The second-order valence-corrected chi connectivity index (χ2v) is 4.16. The van der Waals surface area contributed by atoms with E-state index in [9.17, 15) is 4.79 Å². The number of nitrogens with one attached hydrogen (secondary N) is 1. The van der Waals surface area contributed by atoms with E-state index in [0.717, 1.165) is 12.2 Å². The molecule has 1 amide bonds. The van der Waals surface area contributed by atoms with Crippen LogP contribution in [0.3, 0.4) is 0 Å². The molecule has 0 spiro atoms. The van der Waals surface area contributed by atoms with Crippen molar-refractivity contribution in [3.8, 4) is 0 Å². The summed E-state index contributed by atoms with van der Waals surface area (Å²) in [6.07, 6.45) is 3.87. The van der Waals surface area contributed by atoms with Crippen LogP contribution in [0, 0.1) is 5.92 Å². The van der Waals surface area contributed by atoms with Gasteiger partial charge < -0.3 is 4.42 Å². The Hall–Kier alpha value is -2.11. The zero-order valence-electron chi connectivity index (χ0n) is 9.33. The van der Waals surface area contributed by atoms with Crippen LogP contribution in [0.2, 0.25) is 0 Å². The molecule has 1 fully saturated rings.